The molecule has 0 aliphatic carbocycles. The summed E-state index contributed by atoms with van der Waals surface area (Å²) in [4.78, 5) is 15.2. The Labute approximate surface area is 182 Å². The molecule has 0 amide bonds. The van der Waals surface area contributed by atoms with E-state index in [1.54, 1.807) is 0 Å². The Kier molecular flexibility index (Phi) is 8.21. The number of Topliss-reactive ketones (excluding diaryl/α,β-unsaturated/α-hetero) is 1. The molecule has 29 heavy (non-hydrogen) atoms. The molecule has 0 saturated carbocycles. The molecule has 0 N–H and O–H groups in total. The van der Waals surface area contributed by atoms with Crippen molar-refractivity contribution in [1.82, 2.24) is 4.90 Å². The van der Waals surface area contributed by atoms with Crippen molar-refractivity contribution < 1.29 is 4.79 Å². The summed E-state index contributed by atoms with van der Waals surface area (Å²) in [5.41, 5.74) is 3.76. The van der Waals surface area contributed by atoms with E-state index < -0.39 is 0 Å². The lowest BCUT2D eigenvalue weighted by molar-refractivity contribution is -0.123. The highest BCUT2D eigenvalue weighted by Gasteiger charge is 2.18. The number of aryl methyl sites for hydroxylation is 1. The first kappa shape index (κ1) is 21.5. The van der Waals surface area contributed by atoms with Crippen molar-refractivity contribution in [3.05, 3.63) is 106 Å². The molecule has 3 heteroatoms. The minimum atomic E-state index is 0.0119. The van der Waals surface area contributed by atoms with Gasteiger partial charge in [0.15, 0.2) is 0 Å². The molecule has 0 heterocycles. The lowest BCUT2D eigenvalue weighted by Gasteiger charge is -2.25. The molecule has 0 bridgehead atoms. The van der Waals surface area contributed by atoms with Gasteiger partial charge in [-0.15, -0.1) is 0 Å². The first-order chi connectivity index (χ1) is 14.1. The molecule has 150 valence electrons. The molecule has 0 radical (unpaired) electrons. The maximum atomic E-state index is 12.8. The number of benzene rings is 3. The van der Waals surface area contributed by atoms with Crippen molar-refractivity contribution in [2.45, 2.75) is 32.9 Å². The van der Waals surface area contributed by atoms with E-state index in [1.807, 2.05) is 24.3 Å². The second-order valence-electron chi connectivity index (χ2n) is 7.63. The SMILES string of the molecule is CC(CN(Cc1ccccc1)Cc1ccccc1)C(=O)CCc1ccc(Br)cc1. The van der Waals surface area contributed by atoms with E-state index >= 15 is 0 Å². The highest BCUT2D eigenvalue weighted by molar-refractivity contribution is 9.10. The highest BCUT2D eigenvalue weighted by atomic mass is 79.9. The topological polar surface area (TPSA) is 20.3 Å². The van der Waals surface area contributed by atoms with Crippen LogP contribution in [-0.2, 0) is 24.3 Å². The number of hydrogen-bond donors (Lipinski definition) is 0. The number of hydrogen-bond acceptors (Lipinski definition) is 2. The summed E-state index contributed by atoms with van der Waals surface area (Å²) in [5, 5.41) is 0. The molecule has 0 spiro atoms. The Morgan fingerprint density at radius 1 is 0.793 bits per heavy atom. The lowest BCUT2D eigenvalue weighted by Crippen LogP contribution is -2.31. The van der Waals surface area contributed by atoms with Gasteiger partial charge in [-0.25, -0.2) is 0 Å². The Morgan fingerprint density at radius 2 is 1.31 bits per heavy atom. The van der Waals surface area contributed by atoms with Crippen LogP contribution >= 0.6 is 15.9 Å². The van der Waals surface area contributed by atoms with Crippen LogP contribution in [0.25, 0.3) is 0 Å². The first-order valence-electron chi connectivity index (χ1n) is 10.2. The molecule has 2 nitrogen and oxygen atoms in total. The number of carbonyl (C=O) groups excluding carboxylic acids is 1. The van der Waals surface area contributed by atoms with Gasteiger partial charge in [-0.3, -0.25) is 9.69 Å². The fourth-order valence-corrected chi connectivity index (χ4v) is 3.79. The van der Waals surface area contributed by atoms with Gasteiger partial charge in [-0.05, 0) is 35.2 Å². The quantitative estimate of drug-likeness (QED) is 0.362. The van der Waals surface area contributed by atoms with Crippen LogP contribution in [0.5, 0.6) is 0 Å². The summed E-state index contributed by atoms with van der Waals surface area (Å²) >= 11 is 3.46. The second-order valence-corrected chi connectivity index (χ2v) is 8.55. The van der Waals surface area contributed by atoms with E-state index in [0.717, 1.165) is 30.5 Å². The van der Waals surface area contributed by atoms with Gasteiger partial charge in [-0.1, -0.05) is 95.7 Å². The van der Waals surface area contributed by atoms with Crippen LogP contribution in [0, 0.1) is 5.92 Å². The average Bonchev–Trinajstić information content (AvgIpc) is 2.74. The van der Waals surface area contributed by atoms with Gasteiger partial charge in [-0.2, -0.15) is 0 Å². The van der Waals surface area contributed by atoms with Crippen LogP contribution in [0.1, 0.15) is 30.0 Å². The van der Waals surface area contributed by atoms with Crippen LogP contribution in [-0.4, -0.2) is 17.2 Å². The van der Waals surface area contributed by atoms with E-state index in [1.165, 1.54) is 16.7 Å². The highest BCUT2D eigenvalue weighted by Crippen LogP contribution is 2.16. The zero-order valence-corrected chi connectivity index (χ0v) is 18.5. The van der Waals surface area contributed by atoms with Crippen LogP contribution in [0.15, 0.2) is 89.4 Å². The Morgan fingerprint density at radius 3 is 1.83 bits per heavy atom. The van der Waals surface area contributed by atoms with E-state index in [-0.39, 0.29) is 5.92 Å². The summed E-state index contributed by atoms with van der Waals surface area (Å²) < 4.78 is 1.07. The molecule has 0 fully saturated rings. The average molecular weight is 450 g/mol. The molecular weight excluding hydrogens is 422 g/mol. The van der Waals surface area contributed by atoms with Crippen LogP contribution in [0.4, 0.5) is 0 Å². The van der Waals surface area contributed by atoms with Crippen LogP contribution < -0.4 is 0 Å². The second kappa shape index (κ2) is 11.1. The summed E-state index contributed by atoms with van der Waals surface area (Å²) in [7, 11) is 0. The van der Waals surface area contributed by atoms with Crippen molar-refractivity contribution in [2.75, 3.05) is 6.54 Å². The third-order valence-corrected chi connectivity index (χ3v) is 5.68. The minimum Gasteiger partial charge on any atom is -0.299 e. The largest absolute Gasteiger partial charge is 0.299 e. The van der Waals surface area contributed by atoms with Gasteiger partial charge in [0, 0.05) is 36.4 Å². The molecule has 0 aromatic heterocycles. The first-order valence-corrected chi connectivity index (χ1v) is 11.0. The van der Waals surface area contributed by atoms with E-state index in [9.17, 15) is 4.79 Å². The minimum absolute atomic E-state index is 0.0119. The summed E-state index contributed by atoms with van der Waals surface area (Å²) in [5.74, 6) is 0.344. The van der Waals surface area contributed by atoms with Crippen molar-refractivity contribution in [3.63, 3.8) is 0 Å². The van der Waals surface area contributed by atoms with E-state index in [2.05, 4.69) is 88.4 Å². The number of halogens is 1. The summed E-state index contributed by atoms with van der Waals surface area (Å²) in [6, 6.07) is 29.2. The lowest BCUT2D eigenvalue weighted by atomic mass is 9.98. The van der Waals surface area contributed by atoms with Gasteiger partial charge in [0.05, 0.1) is 0 Å². The number of ketones is 1. The fraction of sp³-hybridized carbons (Fsp3) is 0.269. The van der Waals surface area contributed by atoms with Crippen molar-refractivity contribution in [2.24, 2.45) is 5.92 Å². The maximum absolute atomic E-state index is 12.8. The van der Waals surface area contributed by atoms with Gasteiger partial charge >= 0.3 is 0 Å². The standard InChI is InChI=1S/C26H28BrNO/c1-21(26(29)17-14-22-12-15-25(27)16-13-22)18-28(19-23-8-4-2-5-9-23)20-24-10-6-3-7-11-24/h2-13,15-16,21H,14,17-20H2,1H3. The summed E-state index contributed by atoms with van der Waals surface area (Å²) in [6.45, 7) is 4.52. The Balaban J connectivity index is 1.60. The van der Waals surface area contributed by atoms with Crippen molar-refractivity contribution >= 4 is 21.7 Å². The molecule has 3 rings (SSSR count). The molecule has 1 atom stereocenters. The van der Waals surface area contributed by atoms with Crippen molar-refractivity contribution in [3.8, 4) is 0 Å². The molecule has 0 saturated heterocycles. The number of rotatable bonds is 10. The van der Waals surface area contributed by atoms with E-state index in [4.69, 9.17) is 0 Å². The van der Waals surface area contributed by atoms with Gasteiger partial charge in [0.25, 0.3) is 0 Å². The normalized spacial score (nSPS) is 12.1. The van der Waals surface area contributed by atoms with Gasteiger partial charge in [0.2, 0.25) is 0 Å². The molecule has 0 aliphatic heterocycles. The third kappa shape index (κ3) is 7.26. The number of nitrogens with zero attached hydrogens (tertiary/aromatic N) is 1. The zero-order chi connectivity index (χ0) is 20.5. The molecule has 3 aromatic rings. The Hall–Kier alpha value is -2.23. The predicted octanol–water partition coefficient (Wildman–Crippen LogP) is 6.29. The molecule has 1 unspecified atom stereocenters. The zero-order valence-electron chi connectivity index (χ0n) is 16.9. The van der Waals surface area contributed by atoms with Crippen LogP contribution in [0.3, 0.4) is 0 Å². The number of carbonyl (C=O) groups is 1. The molecular formula is C26H28BrNO. The van der Waals surface area contributed by atoms with E-state index in [0.29, 0.717) is 12.2 Å². The van der Waals surface area contributed by atoms with Gasteiger partial charge in [0.1, 0.15) is 5.78 Å². The molecule has 0 aliphatic rings. The predicted molar refractivity (Wildman–Crippen MR) is 124 cm³/mol. The van der Waals surface area contributed by atoms with Gasteiger partial charge < -0.3 is 0 Å². The monoisotopic (exact) mass is 449 g/mol. The fourth-order valence-electron chi connectivity index (χ4n) is 3.52. The molecule has 3 aromatic carbocycles. The summed E-state index contributed by atoms with van der Waals surface area (Å²) in [6.07, 6.45) is 1.39. The smallest absolute Gasteiger partial charge is 0.137 e. The van der Waals surface area contributed by atoms with Crippen LogP contribution in [0.2, 0.25) is 0 Å². The Bertz CT molecular complexity index is 836. The third-order valence-electron chi connectivity index (χ3n) is 5.15. The maximum Gasteiger partial charge on any atom is 0.137 e. The van der Waals surface area contributed by atoms with Crippen molar-refractivity contribution in [1.29, 1.82) is 0 Å².